The number of allylic oxidation sites excluding steroid dienone is 1. The summed E-state index contributed by atoms with van der Waals surface area (Å²) in [6.07, 6.45) is 1.02. The minimum absolute atomic E-state index is 1.02. The summed E-state index contributed by atoms with van der Waals surface area (Å²) in [6.45, 7) is 3.64. The number of rotatable bonds is 0. The van der Waals surface area contributed by atoms with E-state index >= 15 is 0 Å². The van der Waals surface area contributed by atoms with Crippen molar-refractivity contribution in [3.8, 4) is 0 Å². The van der Waals surface area contributed by atoms with Gasteiger partial charge in [0, 0.05) is 16.2 Å². The maximum absolute atomic E-state index is 3.64. The molecule has 0 fully saturated rings. The molecule has 0 aliphatic carbocycles. The van der Waals surface area contributed by atoms with Crippen molar-refractivity contribution in [1.29, 1.82) is 0 Å². The van der Waals surface area contributed by atoms with E-state index in [0.717, 1.165) is 6.42 Å². The third-order valence-corrected chi connectivity index (χ3v) is 2.91. The Labute approximate surface area is 70.6 Å². The van der Waals surface area contributed by atoms with E-state index < -0.39 is 0 Å². The fourth-order valence-electron chi connectivity index (χ4n) is 1.19. The average molecular weight is 160 g/mol. The molecular formula is C10H8S. The third-order valence-electron chi connectivity index (χ3n) is 1.75. The molecule has 0 N–H and O–H groups in total. The molecule has 1 heterocycles. The van der Waals surface area contributed by atoms with Crippen LogP contribution in [0.4, 0.5) is 0 Å². The van der Waals surface area contributed by atoms with E-state index in [2.05, 4.69) is 36.6 Å². The van der Waals surface area contributed by atoms with Crippen LogP contribution in [-0.4, -0.2) is 0 Å². The predicted molar refractivity (Wildman–Crippen MR) is 48.7 cm³/mol. The van der Waals surface area contributed by atoms with E-state index in [1.807, 2.05) is 0 Å². The third kappa shape index (κ3) is 1.13. The van der Waals surface area contributed by atoms with Gasteiger partial charge in [0.25, 0.3) is 0 Å². The molecule has 54 valence electrons. The molecule has 0 spiro atoms. The van der Waals surface area contributed by atoms with Gasteiger partial charge in [-0.05, 0) is 11.6 Å². The molecular weight excluding hydrogens is 152 g/mol. The van der Waals surface area contributed by atoms with Gasteiger partial charge < -0.3 is 0 Å². The highest BCUT2D eigenvalue weighted by atomic mass is 32.2. The highest BCUT2D eigenvalue weighted by Crippen LogP contribution is 2.38. The highest BCUT2D eigenvalue weighted by Gasteiger charge is 2.13. The van der Waals surface area contributed by atoms with E-state index in [4.69, 9.17) is 0 Å². The van der Waals surface area contributed by atoms with Crippen LogP contribution in [0, 0.1) is 0 Å². The second-order valence-electron chi connectivity index (χ2n) is 2.49. The molecule has 0 atom stereocenters. The topological polar surface area (TPSA) is 0 Å². The molecule has 1 aliphatic heterocycles. The lowest BCUT2D eigenvalue weighted by atomic mass is 10.1. The van der Waals surface area contributed by atoms with E-state index in [1.165, 1.54) is 15.4 Å². The zero-order valence-corrected chi connectivity index (χ0v) is 6.95. The SMILES string of the molecule is C=C=C1Cc2ccccc2S1. The summed E-state index contributed by atoms with van der Waals surface area (Å²) >= 11 is 1.78. The standard InChI is InChI=1S/C10H8S/c1-2-9-7-8-5-3-4-6-10(8)11-9/h3-6H,1,7H2. The van der Waals surface area contributed by atoms with Crippen LogP contribution >= 0.6 is 11.8 Å². The summed E-state index contributed by atoms with van der Waals surface area (Å²) < 4.78 is 0. The van der Waals surface area contributed by atoms with Crippen molar-refractivity contribution in [2.24, 2.45) is 0 Å². The summed E-state index contributed by atoms with van der Waals surface area (Å²) in [5, 5.41) is 0. The lowest BCUT2D eigenvalue weighted by Gasteiger charge is -1.91. The second kappa shape index (κ2) is 2.61. The molecule has 2 rings (SSSR count). The van der Waals surface area contributed by atoms with Crippen LogP contribution in [0.2, 0.25) is 0 Å². The fraction of sp³-hybridized carbons (Fsp3) is 0.100. The van der Waals surface area contributed by atoms with Crippen LogP contribution in [-0.2, 0) is 6.42 Å². The Kier molecular flexibility index (Phi) is 1.61. The first kappa shape index (κ1) is 6.78. The van der Waals surface area contributed by atoms with Crippen molar-refractivity contribution in [3.63, 3.8) is 0 Å². The quantitative estimate of drug-likeness (QED) is 0.526. The van der Waals surface area contributed by atoms with E-state index in [9.17, 15) is 0 Å². The average Bonchev–Trinajstić information content (AvgIpc) is 2.46. The van der Waals surface area contributed by atoms with E-state index in [0.29, 0.717) is 0 Å². The molecule has 0 unspecified atom stereocenters. The fourth-order valence-corrected chi connectivity index (χ4v) is 2.17. The molecule has 1 aromatic rings. The maximum atomic E-state index is 3.64. The minimum Gasteiger partial charge on any atom is -0.118 e. The van der Waals surface area contributed by atoms with E-state index in [1.54, 1.807) is 11.8 Å². The zero-order valence-electron chi connectivity index (χ0n) is 6.13. The Morgan fingerprint density at radius 3 is 2.91 bits per heavy atom. The van der Waals surface area contributed by atoms with Crippen molar-refractivity contribution in [2.75, 3.05) is 0 Å². The van der Waals surface area contributed by atoms with Gasteiger partial charge in [0.1, 0.15) is 0 Å². The van der Waals surface area contributed by atoms with Gasteiger partial charge in [0.2, 0.25) is 0 Å². The lowest BCUT2D eigenvalue weighted by molar-refractivity contribution is 1.21. The normalized spacial score (nSPS) is 14.4. The number of thioether (sulfide) groups is 1. The summed E-state index contributed by atoms with van der Waals surface area (Å²) in [4.78, 5) is 2.60. The predicted octanol–water partition coefficient (Wildman–Crippen LogP) is 3.00. The highest BCUT2D eigenvalue weighted by molar-refractivity contribution is 8.03. The first-order valence-electron chi connectivity index (χ1n) is 3.55. The molecule has 1 aliphatic rings. The van der Waals surface area contributed by atoms with Crippen molar-refractivity contribution < 1.29 is 0 Å². The Bertz CT molecular complexity index is 305. The molecule has 1 heteroatoms. The molecule has 0 saturated heterocycles. The molecule has 0 amide bonds. The van der Waals surface area contributed by atoms with Crippen LogP contribution < -0.4 is 0 Å². The van der Waals surface area contributed by atoms with Crippen molar-refractivity contribution in [3.05, 3.63) is 47.0 Å². The molecule has 11 heavy (non-hydrogen) atoms. The first-order valence-corrected chi connectivity index (χ1v) is 4.36. The van der Waals surface area contributed by atoms with Gasteiger partial charge in [-0.1, -0.05) is 36.5 Å². The van der Waals surface area contributed by atoms with Crippen LogP contribution in [0.3, 0.4) is 0 Å². The molecule has 0 aromatic heterocycles. The van der Waals surface area contributed by atoms with Gasteiger partial charge in [-0.2, -0.15) is 0 Å². The van der Waals surface area contributed by atoms with E-state index in [-0.39, 0.29) is 0 Å². The Morgan fingerprint density at radius 1 is 1.36 bits per heavy atom. The molecule has 0 saturated carbocycles. The summed E-state index contributed by atoms with van der Waals surface area (Å²) in [5.41, 5.74) is 4.35. The number of hydrogen-bond donors (Lipinski definition) is 0. The van der Waals surface area contributed by atoms with Gasteiger partial charge in [-0.15, -0.1) is 5.73 Å². The van der Waals surface area contributed by atoms with Gasteiger partial charge in [0.15, 0.2) is 0 Å². The van der Waals surface area contributed by atoms with Gasteiger partial charge >= 0.3 is 0 Å². The van der Waals surface area contributed by atoms with Crippen LogP contribution in [0.5, 0.6) is 0 Å². The summed E-state index contributed by atoms with van der Waals surface area (Å²) in [6, 6.07) is 8.44. The Balaban J connectivity index is 2.48. The van der Waals surface area contributed by atoms with Gasteiger partial charge in [0.05, 0.1) is 0 Å². The van der Waals surface area contributed by atoms with Crippen molar-refractivity contribution >= 4 is 11.8 Å². The maximum Gasteiger partial charge on any atom is 0.0353 e. The number of fused-ring (bicyclic) bond motifs is 1. The number of benzene rings is 1. The number of hydrogen-bond acceptors (Lipinski definition) is 1. The Morgan fingerprint density at radius 2 is 2.18 bits per heavy atom. The van der Waals surface area contributed by atoms with Gasteiger partial charge in [-0.3, -0.25) is 0 Å². The van der Waals surface area contributed by atoms with Crippen LogP contribution in [0.25, 0.3) is 0 Å². The van der Waals surface area contributed by atoms with Crippen molar-refractivity contribution in [2.45, 2.75) is 11.3 Å². The second-order valence-corrected chi connectivity index (χ2v) is 3.62. The van der Waals surface area contributed by atoms with Crippen LogP contribution in [0.1, 0.15) is 5.56 Å². The monoisotopic (exact) mass is 160 g/mol. The largest absolute Gasteiger partial charge is 0.118 e. The molecule has 1 aromatic carbocycles. The van der Waals surface area contributed by atoms with Crippen molar-refractivity contribution in [1.82, 2.24) is 0 Å². The molecule has 0 nitrogen and oxygen atoms in total. The Hall–Kier alpha value is -0.910. The zero-order chi connectivity index (χ0) is 7.68. The van der Waals surface area contributed by atoms with Crippen LogP contribution in [0.15, 0.2) is 46.4 Å². The summed E-state index contributed by atoms with van der Waals surface area (Å²) in [7, 11) is 0. The lowest BCUT2D eigenvalue weighted by Crippen LogP contribution is -1.75. The minimum atomic E-state index is 1.02. The summed E-state index contributed by atoms with van der Waals surface area (Å²) in [5.74, 6) is 0. The van der Waals surface area contributed by atoms with Gasteiger partial charge in [-0.25, -0.2) is 0 Å². The smallest absolute Gasteiger partial charge is 0.0353 e. The molecule has 0 radical (unpaired) electrons. The molecule has 0 bridgehead atoms. The first-order chi connectivity index (χ1) is 5.40.